The first-order chi connectivity index (χ1) is 12.9. The van der Waals surface area contributed by atoms with E-state index in [1.54, 1.807) is 0 Å². The maximum Gasteiger partial charge on any atom is 0.417 e. The van der Waals surface area contributed by atoms with E-state index in [-0.39, 0.29) is 11.5 Å². The summed E-state index contributed by atoms with van der Waals surface area (Å²) in [6, 6.07) is 14.5. The third-order valence-corrected chi connectivity index (χ3v) is 5.12. The molecule has 1 aliphatic rings. The van der Waals surface area contributed by atoms with Gasteiger partial charge in [0.05, 0.1) is 17.2 Å². The van der Waals surface area contributed by atoms with Gasteiger partial charge in [-0.05, 0) is 42.9 Å². The van der Waals surface area contributed by atoms with E-state index in [0.29, 0.717) is 32.4 Å². The molecule has 0 saturated carbocycles. The van der Waals surface area contributed by atoms with Gasteiger partial charge in [0.25, 0.3) is 5.91 Å². The molecule has 1 atom stereocenters. The van der Waals surface area contributed by atoms with Crippen LogP contribution in [0.1, 0.15) is 34.3 Å². The lowest BCUT2D eigenvalue weighted by Gasteiger charge is -2.34. The summed E-state index contributed by atoms with van der Waals surface area (Å²) in [4.78, 5) is 14.1. The molecule has 2 aromatic carbocycles. The molecule has 3 rings (SSSR count). The summed E-state index contributed by atoms with van der Waals surface area (Å²) < 4.78 is 39.4. The maximum atomic E-state index is 13.1. The Morgan fingerprint density at radius 1 is 1.04 bits per heavy atom. The van der Waals surface area contributed by atoms with Gasteiger partial charge in [-0.25, -0.2) is 0 Å². The minimum Gasteiger partial charge on any atom is -0.392 e. The van der Waals surface area contributed by atoms with Gasteiger partial charge in [0.15, 0.2) is 0 Å². The van der Waals surface area contributed by atoms with Crippen LogP contribution in [0, 0.1) is 5.92 Å². The van der Waals surface area contributed by atoms with Crippen LogP contribution >= 0.6 is 0 Å². The maximum absolute atomic E-state index is 13.1. The normalized spacial score (nSPS) is 17.0. The molecule has 1 saturated heterocycles. The summed E-state index contributed by atoms with van der Waals surface area (Å²) in [5, 5.41) is 10.5. The minimum atomic E-state index is -4.56. The van der Waals surface area contributed by atoms with Crippen LogP contribution < -0.4 is 0 Å². The predicted molar refractivity (Wildman–Crippen MR) is 96.2 cm³/mol. The highest BCUT2D eigenvalue weighted by Crippen LogP contribution is 2.33. The van der Waals surface area contributed by atoms with Gasteiger partial charge in [0.1, 0.15) is 0 Å². The Labute approximate surface area is 156 Å². The van der Waals surface area contributed by atoms with Crippen molar-refractivity contribution in [2.45, 2.75) is 31.5 Å². The Hall–Kier alpha value is -2.34. The van der Waals surface area contributed by atoms with E-state index < -0.39 is 23.8 Å². The lowest BCUT2D eigenvalue weighted by Crippen LogP contribution is -2.42. The van der Waals surface area contributed by atoms with Crippen LogP contribution in [0.25, 0.3) is 0 Å². The van der Waals surface area contributed by atoms with E-state index >= 15 is 0 Å². The van der Waals surface area contributed by atoms with E-state index in [1.807, 2.05) is 30.3 Å². The molecule has 0 spiro atoms. The summed E-state index contributed by atoms with van der Waals surface area (Å²) in [6.07, 6.45) is -3.39. The molecule has 0 aliphatic carbocycles. The number of carbonyl (C=O) groups excluding carboxylic acids is 1. The van der Waals surface area contributed by atoms with Gasteiger partial charge in [0, 0.05) is 13.1 Å². The summed E-state index contributed by atoms with van der Waals surface area (Å²) in [6.45, 7) is 0.698. The van der Waals surface area contributed by atoms with Crippen molar-refractivity contribution in [3.8, 4) is 0 Å². The average Bonchev–Trinajstić information content (AvgIpc) is 2.67. The molecule has 0 radical (unpaired) electrons. The molecule has 0 unspecified atom stereocenters. The summed E-state index contributed by atoms with van der Waals surface area (Å²) in [5.41, 5.74) is -0.169. The third-order valence-electron chi connectivity index (χ3n) is 5.12. The van der Waals surface area contributed by atoms with Gasteiger partial charge in [-0.1, -0.05) is 42.5 Å². The van der Waals surface area contributed by atoms with Crippen LogP contribution in [0.4, 0.5) is 13.2 Å². The van der Waals surface area contributed by atoms with Crippen LogP contribution in [0.3, 0.4) is 0 Å². The highest BCUT2D eigenvalue weighted by atomic mass is 19.4. The topological polar surface area (TPSA) is 40.5 Å². The van der Waals surface area contributed by atoms with Gasteiger partial charge in [0.2, 0.25) is 0 Å². The lowest BCUT2D eigenvalue weighted by atomic mass is 9.87. The molecule has 3 nitrogen and oxygen atoms in total. The van der Waals surface area contributed by atoms with Gasteiger partial charge in [-0.2, -0.15) is 13.2 Å². The first kappa shape index (κ1) is 19.4. The first-order valence-corrected chi connectivity index (χ1v) is 9.03. The number of aliphatic hydroxyl groups excluding tert-OH is 1. The molecule has 27 heavy (non-hydrogen) atoms. The van der Waals surface area contributed by atoms with Crippen molar-refractivity contribution in [3.05, 3.63) is 71.3 Å². The number of carbonyl (C=O) groups is 1. The number of hydrogen-bond acceptors (Lipinski definition) is 2. The van der Waals surface area contributed by atoms with Gasteiger partial charge >= 0.3 is 6.18 Å². The number of nitrogens with zero attached hydrogens (tertiary/aromatic N) is 1. The van der Waals surface area contributed by atoms with Crippen molar-refractivity contribution in [3.63, 3.8) is 0 Å². The highest BCUT2D eigenvalue weighted by molar-refractivity contribution is 5.96. The summed E-state index contributed by atoms with van der Waals surface area (Å²) in [5.74, 6) is -0.564. The molecular formula is C21H22F3NO2. The van der Waals surface area contributed by atoms with E-state index in [1.165, 1.54) is 23.1 Å². The SMILES string of the molecule is O=C(c1ccccc1C(F)(F)F)N1CCC([C@H](O)Cc2ccccc2)CC1. The number of halogens is 3. The Kier molecular flexibility index (Phi) is 5.85. The van der Waals surface area contributed by atoms with Crippen LogP contribution in [-0.2, 0) is 12.6 Å². The van der Waals surface area contributed by atoms with Crippen molar-refractivity contribution in [1.82, 2.24) is 4.90 Å². The van der Waals surface area contributed by atoms with Crippen molar-refractivity contribution >= 4 is 5.91 Å². The van der Waals surface area contributed by atoms with Crippen molar-refractivity contribution < 1.29 is 23.1 Å². The van der Waals surface area contributed by atoms with Crippen molar-refractivity contribution in [2.75, 3.05) is 13.1 Å². The van der Waals surface area contributed by atoms with Crippen molar-refractivity contribution in [2.24, 2.45) is 5.92 Å². The Morgan fingerprint density at radius 2 is 1.63 bits per heavy atom. The molecule has 1 fully saturated rings. The van der Waals surface area contributed by atoms with E-state index in [2.05, 4.69) is 0 Å². The third kappa shape index (κ3) is 4.69. The molecule has 0 aromatic heterocycles. The zero-order valence-electron chi connectivity index (χ0n) is 14.8. The number of amides is 1. The molecule has 0 bridgehead atoms. The second-order valence-electron chi connectivity index (χ2n) is 6.93. The molecule has 1 heterocycles. The average molecular weight is 377 g/mol. The lowest BCUT2D eigenvalue weighted by molar-refractivity contribution is -0.138. The number of benzene rings is 2. The van der Waals surface area contributed by atoms with E-state index in [4.69, 9.17) is 0 Å². The second kappa shape index (κ2) is 8.13. The van der Waals surface area contributed by atoms with Crippen LogP contribution in [-0.4, -0.2) is 35.1 Å². The smallest absolute Gasteiger partial charge is 0.392 e. The van der Waals surface area contributed by atoms with Gasteiger partial charge in [-0.3, -0.25) is 4.79 Å². The number of rotatable bonds is 4. The summed E-state index contributed by atoms with van der Waals surface area (Å²) in [7, 11) is 0. The quantitative estimate of drug-likeness (QED) is 0.869. The number of likely N-dealkylation sites (tertiary alicyclic amines) is 1. The number of piperidine rings is 1. The van der Waals surface area contributed by atoms with Crippen LogP contribution in [0.5, 0.6) is 0 Å². The Bertz CT molecular complexity index is 768. The summed E-state index contributed by atoms with van der Waals surface area (Å²) >= 11 is 0. The Morgan fingerprint density at radius 3 is 2.26 bits per heavy atom. The molecule has 1 aliphatic heterocycles. The number of hydrogen-bond donors (Lipinski definition) is 1. The molecular weight excluding hydrogens is 355 g/mol. The Balaban J connectivity index is 1.62. The fraction of sp³-hybridized carbons (Fsp3) is 0.381. The zero-order valence-corrected chi connectivity index (χ0v) is 14.8. The predicted octanol–water partition coefficient (Wildman–Crippen LogP) is 4.16. The molecule has 1 amide bonds. The zero-order chi connectivity index (χ0) is 19.4. The van der Waals surface area contributed by atoms with Gasteiger partial charge in [-0.15, -0.1) is 0 Å². The van der Waals surface area contributed by atoms with Crippen molar-refractivity contribution in [1.29, 1.82) is 0 Å². The number of aliphatic hydroxyl groups is 1. The number of alkyl halides is 3. The van der Waals surface area contributed by atoms with E-state index in [0.717, 1.165) is 11.6 Å². The molecule has 1 N–H and O–H groups in total. The minimum absolute atomic E-state index is 0.0344. The first-order valence-electron chi connectivity index (χ1n) is 9.03. The molecule has 2 aromatic rings. The fourth-order valence-electron chi connectivity index (χ4n) is 3.60. The fourth-order valence-corrected chi connectivity index (χ4v) is 3.60. The largest absolute Gasteiger partial charge is 0.417 e. The van der Waals surface area contributed by atoms with Crippen LogP contribution in [0.15, 0.2) is 54.6 Å². The monoisotopic (exact) mass is 377 g/mol. The molecule has 6 heteroatoms. The van der Waals surface area contributed by atoms with Crippen LogP contribution in [0.2, 0.25) is 0 Å². The standard InChI is InChI=1S/C21H22F3NO2/c22-21(23,24)18-9-5-4-8-17(18)20(27)25-12-10-16(11-13-25)19(26)14-15-6-2-1-3-7-15/h1-9,16,19,26H,10-14H2/t19-/m1/s1. The van der Waals surface area contributed by atoms with E-state index in [9.17, 15) is 23.1 Å². The second-order valence-corrected chi connectivity index (χ2v) is 6.93. The highest BCUT2D eigenvalue weighted by Gasteiger charge is 2.36. The molecule has 144 valence electrons. The van der Waals surface area contributed by atoms with Gasteiger partial charge < -0.3 is 10.0 Å².